The maximum absolute atomic E-state index is 6.50. The fourth-order valence-corrected chi connectivity index (χ4v) is 3.35. The van der Waals surface area contributed by atoms with Crippen LogP contribution in [-0.4, -0.2) is 12.5 Å². The lowest BCUT2D eigenvalue weighted by atomic mass is 9.97. The number of rotatable bonds is 5. The summed E-state index contributed by atoms with van der Waals surface area (Å²) in [5.74, 6) is 1.62. The van der Waals surface area contributed by atoms with Crippen molar-refractivity contribution >= 4 is 23.2 Å². The van der Waals surface area contributed by atoms with Crippen LogP contribution in [0.15, 0.2) is 18.2 Å². The van der Waals surface area contributed by atoms with Gasteiger partial charge in [-0.1, -0.05) is 24.4 Å². The largest absolute Gasteiger partial charge is 0.496 e. The average molecular weight is 287 g/mol. The SMILES string of the molecule is COc1ccc(Cl)cc1CCC(Cl)C1CCCC1. The van der Waals surface area contributed by atoms with E-state index < -0.39 is 0 Å². The quantitative estimate of drug-likeness (QED) is 0.686. The second-order valence-electron chi connectivity index (χ2n) is 5.06. The van der Waals surface area contributed by atoms with E-state index in [-0.39, 0.29) is 5.38 Å². The molecule has 100 valence electrons. The molecule has 0 N–H and O–H groups in total. The van der Waals surface area contributed by atoms with Gasteiger partial charge in [-0.3, -0.25) is 0 Å². The Labute approximate surface area is 119 Å². The molecule has 1 atom stereocenters. The molecule has 1 nitrogen and oxygen atoms in total. The van der Waals surface area contributed by atoms with Crippen LogP contribution in [-0.2, 0) is 6.42 Å². The van der Waals surface area contributed by atoms with Crippen molar-refractivity contribution in [3.8, 4) is 5.75 Å². The first-order chi connectivity index (χ1) is 8.70. The van der Waals surface area contributed by atoms with Crippen molar-refractivity contribution in [2.75, 3.05) is 7.11 Å². The predicted octanol–water partition coefficient (Wildman–Crippen LogP) is 5.08. The van der Waals surface area contributed by atoms with Gasteiger partial charge in [0.1, 0.15) is 5.75 Å². The van der Waals surface area contributed by atoms with Crippen molar-refractivity contribution in [3.05, 3.63) is 28.8 Å². The minimum Gasteiger partial charge on any atom is -0.496 e. The minimum absolute atomic E-state index is 0.288. The van der Waals surface area contributed by atoms with Gasteiger partial charge in [0.25, 0.3) is 0 Å². The van der Waals surface area contributed by atoms with Crippen molar-refractivity contribution in [3.63, 3.8) is 0 Å². The van der Waals surface area contributed by atoms with E-state index in [2.05, 4.69) is 0 Å². The molecular weight excluding hydrogens is 267 g/mol. The van der Waals surface area contributed by atoms with E-state index in [4.69, 9.17) is 27.9 Å². The highest BCUT2D eigenvalue weighted by molar-refractivity contribution is 6.30. The normalized spacial score (nSPS) is 17.9. The molecule has 1 aromatic rings. The molecule has 0 bridgehead atoms. The van der Waals surface area contributed by atoms with Gasteiger partial charge in [-0.05, 0) is 55.4 Å². The van der Waals surface area contributed by atoms with E-state index in [1.54, 1.807) is 7.11 Å². The van der Waals surface area contributed by atoms with E-state index in [0.29, 0.717) is 5.92 Å². The first-order valence-corrected chi connectivity index (χ1v) is 7.48. The summed E-state index contributed by atoms with van der Waals surface area (Å²) in [4.78, 5) is 0. The lowest BCUT2D eigenvalue weighted by Gasteiger charge is -2.17. The number of methoxy groups -OCH3 is 1. The van der Waals surface area contributed by atoms with Crippen molar-refractivity contribution in [1.29, 1.82) is 0 Å². The van der Waals surface area contributed by atoms with Crippen molar-refractivity contribution in [2.45, 2.75) is 43.9 Å². The number of hydrogen-bond acceptors (Lipinski definition) is 1. The minimum atomic E-state index is 0.288. The van der Waals surface area contributed by atoms with Crippen LogP contribution < -0.4 is 4.74 Å². The maximum Gasteiger partial charge on any atom is 0.122 e. The van der Waals surface area contributed by atoms with E-state index >= 15 is 0 Å². The van der Waals surface area contributed by atoms with Gasteiger partial charge in [0.15, 0.2) is 0 Å². The Bertz CT molecular complexity index is 386. The summed E-state index contributed by atoms with van der Waals surface area (Å²) in [6.07, 6.45) is 7.21. The zero-order valence-electron chi connectivity index (χ0n) is 10.8. The van der Waals surface area contributed by atoms with E-state index in [1.807, 2.05) is 18.2 Å². The van der Waals surface area contributed by atoms with Crippen LogP contribution in [0.3, 0.4) is 0 Å². The lowest BCUT2D eigenvalue weighted by molar-refractivity contribution is 0.407. The summed E-state index contributed by atoms with van der Waals surface area (Å²) in [5, 5.41) is 1.05. The number of ether oxygens (including phenoxy) is 1. The molecule has 0 heterocycles. The molecule has 0 saturated heterocycles. The zero-order chi connectivity index (χ0) is 13.0. The van der Waals surface area contributed by atoms with Gasteiger partial charge in [-0.15, -0.1) is 11.6 Å². The maximum atomic E-state index is 6.50. The predicted molar refractivity (Wildman–Crippen MR) is 77.9 cm³/mol. The molecule has 0 aliphatic heterocycles. The summed E-state index contributed by atoms with van der Waals surface area (Å²) in [5.41, 5.74) is 1.16. The molecule has 1 aliphatic carbocycles. The summed E-state index contributed by atoms with van der Waals surface area (Å²) in [6.45, 7) is 0. The summed E-state index contributed by atoms with van der Waals surface area (Å²) < 4.78 is 5.36. The second kappa shape index (κ2) is 6.68. The van der Waals surface area contributed by atoms with Gasteiger partial charge in [0.05, 0.1) is 7.11 Å². The third kappa shape index (κ3) is 3.55. The Morgan fingerprint density at radius 1 is 1.33 bits per heavy atom. The van der Waals surface area contributed by atoms with Crippen LogP contribution >= 0.6 is 23.2 Å². The van der Waals surface area contributed by atoms with Crippen molar-refractivity contribution in [2.24, 2.45) is 5.92 Å². The number of aryl methyl sites for hydroxylation is 1. The second-order valence-corrected chi connectivity index (χ2v) is 6.05. The molecule has 18 heavy (non-hydrogen) atoms. The highest BCUT2D eigenvalue weighted by atomic mass is 35.5. The van der Waals surface area contributed by atoms with Crippen LogP contribution in [0.1, 0.15) is 37.7 Å². The fourth-order valence-electron chi connectivity index (χ4n) is 2.79. The van der Waals surface area contributed by atoms with Crippen LogP contribution in [0.4, 0.5) is 0 Å². The smallest absolute Gasteiger partial charge is 0.122 e. The summed E-state index contributed by atoms with van der Waals surface area (Å²) in [6, 6.07) is 5.77. The molecule has 1 saturated carbocycles. The standard InChI is InChI=1S/C15H20Cl2O/c1-18-15-9-7-13(16)10-12(15)6-8-14(17)11-4-2-3-5-11/h7,9-11,14H,2-6,8H2,1H3. The summed E-state index contributed by atoms with van der Waals surface area (Å²) >= 11 is 12.5. The number of benzene rings is 1. The zero-order valence-corrected chi connectivity index (χ0v) is 12.3. The Morgan fingerprint density at radius 2 is 2.06 bits per heavy atom. The molecular formula is C15H20Cl2O. The monoisotopic (exact) mass is 286 g/mol. The number of alkyl halides is 1. The van der Waals surface area contributed by atoms with Crippen LogP contribution in [0, 0.1) is 5.92 Å². The van der Waals surface area contributed by atoms with Crippen LogP contribution in [0.5, 0.6) is 5.75 Å². The van der Waals surface area contributed by atoms with Gasteiger partial charge in [-0.25, -0.2) is 0 Å². The molecule has 1 unspecified atom stereocenters. The Hall–Kier alpha value is -0.400. The van der Waals surface area contributed by atoms with Gasteiger partial charge < -0.3 is 4.74 Å². The fraction of sp³-hybridized carbons (Fsp3) is 0.600. The van der Waals surface area contributed by atoms with Gasteiger partial charge >= 0.3 is 0 Å². The Kier molecular flexibility index (Phi) is 5.20. The van der Waals surface area contributed by atoms with Gasteiger partial charge in [0.2, 0.25) is 0 Å². The molecule has 0 spiro atoms. The van der Waals surface area contributed by atoms with E-state index in [9.17, 15) is 0 Å². The molecule has 2 rings (SSSR count). The molecule has 0 amide bonds. The number of halogens is 2. The molecule has 1 aromatic carbocycles. The van der Waals surface area contributed by atoms with Crippen LogP contribution in [0.25, 0.3) is 0 Å². The number of hydrogen-bond donors (Lipinski definition) is 0. The molecule has 3 heteroatoms. The van der Waals surface area contributed by atoms with Gasteiger partial charge in [-0.2, -0.15) is 0 Å². The average Bonchev–Trinajstić information content (AvgIpc) is 2.90. The topological polar surface area (TPSA) is 9.23 Å². The molecule has 1 fully saturated rings. The van der Waals surface area contributed by atoms with Crippen LogP contribution in [0.2, 0.25) is 5.02 Å². The molecule has 0 radical (unpaired) electrons. The molecule has 0 aromatic heterocycles. The lowest BCUT2D eigenvalue weighted by Crippen LogP contribution is -2.12. The highest BCUT2D eigenvalue weighted by Crippen LogP contribution is 2.33. The van der Waals surface area contributed by atoms with Crippen molar-refractivity contribution in [1.82, 2.24) is 0 Å². The highest BCUT2D eigenvalue weighted by Gasteiger charge is 2.23. The first kappa shape index (κ1) is 14.0. The van der Waals surface area contributed by atoms with E-state index in [0.717, 1.165) is 29.2 Å². The van der Waals surface area contributed by atoms with Gasteiger partial charge in [0, 0.05) is 10.4 Å². The third-order valence-electron chi connectivity index (χ3n) is 3.84. The Balaban J connectivity index is 1.94. The van der Waals surface area contributed by atoms with E-state index in [1.165, 1.54) is 25.7 Å². The van der Waals surface area contributed by atoms with Crippen molar-refractivity contribution < 1.29 is 4.74 Å². The molecule has 1 aliphatic rings. The first-order valence-electron chi connectivity index (χ1n) is 6.67. The summed E-state index contributed by atoms with van der Waals surface area (Å²) in [7, 11) is 1.70. The third-order valence-corrected chi connectivity index (χ3v) is 4.65. The Morgan fingerprint density at radius 3 is 2.72 bits per heavy atom.